The quantitative estimate of drug-likeness (QED) is 0.144. The molecule has 1 aromatic heterocycles. The van der Waals surface area contributed by atoms with Crippen LogP contribution in [0, 0.1) is 19.8 Å². The highest BCUT2D eigenvalue weighted by Gasteiger charge is 2.33. The Hall–Kier alpha value is -5.40. The average Bonchev–Trinajstić information content (AvgIpc) is 3.39. The fourth-order valence-corrected chi connectivity index (χ4v) is 5.71. The van der Waals surface area contributed by atoms with Crippen LogP contribution in [0.25, 0.3) is 0 Å². The molecule has 49 heavy (non-hydrogen) atoms. The van der Waals surface area contributed by atoms with Gasteiger partial charge < -0.3 is 41.0 Å². The summed E-state index contributed by atoms with van der Waals surface area (Å²) >= 11 is 0. The van der Waals surface area contributed by atoms with Gasteiger partial charge in [0.15, 0.2) is 5.76 Å². The zero-order valence-electron chi connectivity index (χ0n) is 28.3. The number of anilines is 4. The van der Waals surface area contributed by atoms with E-state index in [-0.39, 0.29) is 36.0 Å². The van der Waals surface area contributed by atoms with Crippen LogP contribution < -0.4 is 26.4 Å². The number of para-hydroxylation sites is 2. The van der Waals surface area contributed by atoms with Crippen molar-refractivity contribution in [1.82, 2.24) is 15.0 Å². The van der Waals surface area contributed by atoms with Crippen LogP contribution in [0.4, 0.5) is 27.5 Å². The van der Waals surface area contributed by atoms with E-state index < -0.39 is 12.1 Å². The van der Waals surface area contributed by atoms with Gasteiger partial charge in [-0.2, -0.15) is 0 Å². The number of nitrogen functional groups attached to an aromatic ring is 1. The molecular formula is C36H43N7O6. The number of aliphatic hydroxyl groups excluding tert-OH is 1. The lowest BCUT2D eigenvalue weighted by molar-refractivity contribution is 0.0341. The Bertz CT molecular complexity index is 1790. The van der Waals surface area contributed by atoms with Gasteiger partial charge in [-0.15, -0.1) is 0 Å². The second-order valence-corrected chi connectivity index (χ2v) is 12.5. The molecule has 4 aromatic rings. The number of aryl methyl sites for hydroxylation is 2. The molecule has 0 radical (unpaired) electrons. The third kappa shape index (κ3) is 8.37. The van der Waals surface area contributed by atoms with E-state index in [1.165, 1.54) is 0 Å². The molecule has 5 rings (SSSR count). The van der Waals surface area contributed by atoms with Crippen molar-refractivity contribution in [2.75, 3.05) is 48.4 Å². The van der Waals surface area contributed by atoms with Crippen molar-refractivity contribution in [3.63, 3.8) is 0 Å². The van der Waals surface area contributed by atoms with E-state index in [2.05, 4.69) is 26.0 Å². The summed E-state index contributed by atoms with van der Waals surface area (Å²) in [6, 6.07) is 18.5. The van der Waals surface area contributed by atoms with Crippen molar-refractivity contribution in [1.29, 1.82) is 0 Å². The number of nitrogens with one attached hydrogen (secondary N) is 3. The van der Waals surface area contributed by atoms with Gasteiger partial charge in [0.05, 0.1) is 29.6 Å². The molecule has 0 bridgehead atoms. The van der Waals surface area contributed by atoms with Crippen LogP contribution >= 0.6 is 0 Å². The molecule has 1 aliphatic heterocycles. The minimum absolute atomic E-state index is 0.0799. The molecule has 0 spiro atoms. The number of aromatic nitrogens is 1. The van der Waals surface area contributed by atoms with Gasteiger partial charge in [-0.1, -0.05) is 36.3 Å². The lowest BCUT2D eigenvalue weighted by atomic mass is 9.99. The zero-order chi connectivity index (χ0) is 35.2. The smallest absolute Gasteiger partial charge is 0.323 e. The summed E-state index contributed by atoms with van der Waals surface area (Å²) in [6.07, 6.45) is -0.312. The first-order valence-electron chi connectivity index (χ1n) is 16.1. The van der Waals surface area contributed by atoms with Gasteiger partial charge in [-0.05, 0) is 75.8 Å². The fraction of sp³-hybridized carbons (Fsp3) is 0.333. The maximum Gasteiger partial charge on any atom is 0.323 e. The first kappa shape index (κ1) is 34.9. The SMILES string of the molecule is Cc1noc(C)c1NC(=O)Nc1ccc2c(c1)C(=O)N([C@H](C)CO)C[C@@H](C)[C@@H](CN(C)Cc1ccc(C(=O)Nc3ccccc3N)cc1)O2. The van der Waals surface area contributed by atoms with Gasteiger partial charge in [0.1, 0.15) is 23.2 Å². The number of ether oxygens (including phenoxy) is 1. The third-order valence-electron chi connectivity index (χ3n) is 8.56. The molecule has 0 aliphatic carbocycles. The van der Waals surface area contributed by atoms with Crippen molar-refractivity contribution in [2.24, 2.45) is 5.92 Å². The Morgan fingerprint density at radius 1 is 1.08 bits per heavy atom. The maximum absolute atomic E-state index is 13.8. The normalized spacial score (nSPS) is 16.6. The summed E-state index contributed by atoms with van der Waals surface area (Å²) in [7, 11) is 1.98. The van der Waals surface area contributed by atoms with Gasteiger partial charge in [-0.3, -0.25) is 14.5 Å². The first-order valence-corrected chi connectivity index (χ1v) is 16.1. The number of benzene rings is 3. The monoisotopic (exact) mass is 669 g/mol. The number of nitrogens with zero attached hydrogens (tertiary/aromatic N) is 3. The fourth-order valence-electron chi connectivity index (χ4n) is 5.71. The van der Waals surface area contributed by atoms with E-state index in [4.69, 9.17) is 15.0 Å². The van der Waals surface area contributed by atoms with Crippen molar-refractivity contribution < 1.29 is 28.8 Å². The Balaban J connectivity index is 1.29. The highest BCUT2D eigenvalue weighted by molar-refractivity contribution is 6.06. The van der Waals surface area contributed by atoms with Crippen molar-refractivity contribution in [3.05, 3.63) is 94.9 Å². The number of nitrogens with two attached hydrogens (primary N) is 1. The molecule has 2 heterocycles. The van der Waals surface area contributed by atoms with Crippen LogP contribution in [-0.2, 0) is 6.54 Å². The number of fused-ring (bicyclic) bond motifs is 1. The molecular weight excluding hydrogens is 626 g/mol. The lowest BCUT2D eigenvalue weighted by Crippen LogP contribution is -2.49. The molecule has 3 aromatic carbocycles. The predicted molar refractivity (Wildman–Crippen MR) is 188 cm³/mol. The molecule has 1 aliphatic rings. The van der Waals surface area contributed by atoms with E-state index in [9.17, 15) is 19.5 Å². The van der Waals surface area contributed by atoms with E-state index in [0.717, 1.165) is 5.56 Å². The van der Waals surface area contributed by atoms with Crippen molar-refractivity contribution in [3.8, 4) is 5.75 Å². The zero-order valence-corrected chi connectivity index (χ0v) is 28.3. The summed E-state index contributed by atoms with van der Waals surface area (Å²) < 4.78 is 11.6. The minimum atomic E-state index is -0.517. The first-order chi connectivity index (χ1) is 23.4. The molecule has 3 atom stereocenters. The summed E-state index contributed by atoms with van der Waals surface area (Å²) in [5, 5.41) is 22.2. The van der Waals surface area contributed by atoms with Gasteiger partial charge in [0, 0.05) is 36.8 Å². The summed E-state index contributed by atoms with van der Waals surface area (Å²) in [5.41, 5.74) is 10.2. The van der Waals surface area contributed by atoms with Gasteiger partial charge in [0.2, 0.25) is 0 Å². The van der Waals surface area contributed by atoms with E-state index in [0.29, 0.717) is 65.2 Å². The Kier molecular flexibility index (Phi) is 10.8. The molecule has 0 saturated heterocycles. The molecule has 0 fully saturated rings. The van der Waals surface area contributed by atoms with Crippen LogP contribution in [0.1, 0.15) is 51.6 Å². The van der Waals surface area contributed by atoms with Gasteiger partial charge >= 0.3 is 6.03 Å². The van der Waals surface area contributed by atoms with Gasteiger partial charge in [0.25, 0.3) is 11.8 Å². The second-order valence-electron chi connectivity index (χ2n) is 12.5. The van der Waals surface area contributed by atoms with Crippen LogP contribution in [0.2, 0.25) is 0 Å². The van der Waals surface area contributed by atoms with Gasteiger partial charge in [-0.25, -0.2) is 4.79 Å². The number of amides is 4. The molecule has 6 N–H and O–H groups in total. The minimum Gasteiger partial charge on any atom is -0.488 e. The molecule has 0 unspecified atom stereocenters. The van der Waals surface area contributed by atoms with E-state index in [1.54, 1.807) is 68.1 Å². The number of hydrogen-bond donors (Lipinski definition) is 5. The number of carbonyl (C=O) groups is 3. The molecule has 258 valence electrons. The Labute approximate surface area is 285 Å². The second kappa shape index (κ2) is 15.2. The summed E-state index contributed by atoms with van der Waals surface area (Å²) in [4.78, 5) is 43.2. The van der Waals surface area contributed by atoms with Crippen molar-refractivity contribution in [2.45, 2.75) is 46.4 Å². The number of likely N-dealkylation sites (N-methyl/N-ethyl adjacent to an activating group) is 1. The molecule has 4 amide bonds. The van der Waals surface area contributed by atoms with Crippen LogP contribution in [0.3, 0.4) is 0 Å². The lowest BCUT2D eigenvalue weighted by Gasteiger charge is -2.38. The predicted octanol–water partition coefficient (Wildman–Crippen LogP) is 5.12. The van der Waals surface area contributed by atoms with E-state index in [1.807, 2.05) is 38.2 Å². The Morgan fingerprint density at radius 2 is 1.82 bits per heavy atom. The number of carbonyl (C=O) groups excluding carboxylic acids is 3. The average molecular weight is 670 g/mol. The van der Waals surface area contributed by atoms with Crippen LogP contribution in [0.5, 0.6) is 5.75 Å². The number of urea groups is 1. The Morgan fingerprint density at radius 3 is 2.49 bits per heavy atom. The standard InChI is InChI=1S/C36H43N7O6/c1-21-17-43(22(2)20-44)35(46)28-16-27(38-36(47)40-33-23(3)41-49-24(33)4)14-15-31(28)48-32(21)19-42(5)18-25-10-12-26(13-11-25)34(45)39-30-9-7-6-8-29(30)37/h6-16,21-22,32,44H,17-20,37H2,1-5H3,(H,39,45)(H2,38,40,47)/t21-,22-,32-/m1/s1. The maximum atomic E-state index is 13.8. The number of rotatable bonds is 10. The third-order valence-corrected chi connectivity index (χ3v) is 8.56. The summed E-state index contributed by atoms with van der Waals surface area (Å²) in [5.74, 6) is 0.232. The summed E-state index contributed by atoms with van der Waals surface area (Å²) in [6.45, 7) is 8.52. The van der Waals surface area contributed by atoms with E-state index >= 15 is 0 Å². The molecule has 13 nitrogen and oxygen atoms in total. The number of hydrogen-bond acceptors (Lipinski definition) is 9. The largest absolute Gasteiger partial charge is 0.488 e. The molecule has 0 saturated carbocycles. The van der Waals surface area contributed by atoms with Crippen LogP contribution in [0.15, 0.2) is 71.3 Å². The van der Waals surface area contributed by atoms with Crippen LogP contribution in [-0.4, -0.2) is 76.8 Å². The highest BCUT2D eigenvalue weighted by Crippen LogP contribution is 2.31. The molecule has 13 heteroatoms. The topological polar surface area (TPSA) is 175 Å². The number of aliphatic hydroxyl groups is 1. The highest BCUT2D eigenvalue weighted by atomic mass is 16.5. The van der Waals surface area contributed by atoms with Crippen molar-refractivity contribution >= 4 is 40.6 Å².